The Kier molecular flexibility index (Phi) is 2.09. The summed E-state index contributed by atoms with van der Waals surface area (Å²) in [5, 5.41) is 0. The molecule has 0 bridgehead atoms. The molecule has 1 aliphatic carbocycles. The molecule has 0 radical (unpaired) electrons. The SMILES string of the molecule is CC1C[C@H](N)CCC1N. The first-order valence-corrected chi connectivity index (χ1v) is 3.71. The zero-order valence-electron chi connectivity index (χ0n) is 6.01. The van der Waals surface area contributed by atoms with Gasteiger partial charge in [0, 0.05) is 12.1 Å². The zero-order chi connectivity index (χ0) is 6.85. The van der Waals surface area contributed by atoms with Gasteiger partial charge in [0.15, 0.2) is 0 Å². The molecule has 2 heteroatoms. The lowest BCUT2D eigenvalue weighted by atomic mass is 9.84. The Morgan fingerprint density at radius 3 is 2.33 bits per heavy atom. The summed E-state index contributed by atoms with van der Waals surface area (Å²) >= 11 is 0. The van der Waals surface area contributed by atoms with E-state index in [0.717, 1.165) is 19.3 Å². The van der Waals surface area contributed by atoms with Gasteiger partial charge in [-0.05, 0) is 25.2 Å². The standard InChI is InChI=1S/C7H16N2/c1-5-4-6(8)2-3-7(5)9/h5-7H,2-4,8-9H2,1H3/t5?,6-,7?/m1/s1. The highest BCUT2D eigenvalue weighted by Gasteiger charge is 2.21. The Morgan fingerprint density at radius 2 is 1.89 bits per heavy atom. The Balaban J connectivity index is 2.35. The average molecular weight is 128 g/mol. The molecule has 3 atom stereocenters. The van der Waals surface area contributed by atoms with Gasteiger partial charge in [-0.15, -0.1) is 0 Å². The molecule has 0 amide bonds. The second-order valence-electron chi connectivity index (χ2n) is 3.21. The fraction of sp³-hybridized carbons (Fsp3) is 1.00. The Labute approximate surface area is 56.6 Å². The third kappa shape index (κ3) is 1.66. The van der Waals surface area contributed by atoms with Crippen molar-refractivity contribution in [2.24, 2.45) is 17.4 Å². The van der Waals surface area contributed by atoms with E-state index < -0.39 is 0 Å². The van der Waals surface area contributed by atoms with Gasteiger partial charge in [0.25, 0.3) is 0 Å². The van der Waals surface area contributed by atoms with Gasteiger partial charge in [-0.25, -0.2) is 0 Å². The molecule has 2 nitrogen and oxygen atoms in total. The lowest BCUT2D eigenvalue weighted by molar-refractivity contribution is 0.299. The minimum atomic E-state index is 0.407. The van der Waals surface area contributed by atoms with E-state index in [1.54, 1.807) is 0 Å². The molecule has 0 aliphatic heterocycles. The summed E-state index contributed by atoms with van der Waals surface area (Å²) in [6.45, 7) is 2.18. The minimum absolute atomic E-state index is 0.407. The van der Waals surface area contributed by atoms with Crippen LogP contribution in [0.3, 0.4) is 0 Å². The fourth-order valence-electron chi connectivity index (χ4n) is 1.46. The van der Waals surface area contributed by atoms with E-state index in [2.05, 4.69) is 6.92 Å². The van der Waals surface area contributed by atoms with Crippen LogP contribution in [-0.4, -0.2) is 12.1 Å². The Bertz CT molecular complexity index is 92.9. The Hall–Kier alpha value is -0.0800. The largest absolute Gasteiger partial charge is 0.328 e. The van der Waals surface area contributed by atoms with E-state index in [4.69, 9.17) is 11.5 Å². The van der Waals surface area contributed by atoms with Crippen molar-refractivity contribution in [3.05, 3.63) is 0 Å². The van der Waals surface area contributed by atoms with Crippen molar-refractivity contribution in [3.63, 3.8) is 0 Å². The molecule has 4 N–H and O–H groups in total. The lowest BCUT2D eigenvalue weighted by Gasteiger charge is -2.29. The highest BCUT2D eigenvalue weighted by atomic mass is 14.7. The van der Waals surface area contributed by atoms with Crippen LogP contribution in [0.5, 0.6) is 0 Å². The van der Waals surface area contributed by atoms with Crippen LogP contribution < -0.4 is 11.5 Å². The van der Waals surface area contributed by atoms with Gasteiger partial charge in [-0.3, -0.25) is 0 Å². The van der Waals surface area contributed by atoms with Gasteiger partial charge in [0.2, 0.25) is 0 Å². The molecule has 9 heavy (non-hydrogen) atoms. The van der Waals surface area contributed by atoms with Crippen molar-refractivity contribution in [2.75, 3.05) is 0 Å². The second kappa shape index (κ2) is 2.67. The van der Waals surface area contributed by atoms with Gasteiger partial charge in [-0.2, -0.15) is 0 Å². The molecule has 0 heterocycles. The van der Waals surface area contributed by atoms with E-state index >= 15 is 0 Å². The van der Waals surface area contributed by atoms with E-state index in [9.17, 15) is 0 Å². The molecule has 0 aromatic carbocycles. The summed E-state index contributed by atoms with van der Waals surface area (Å²) in [5.41, 5.74) is 11.5. The topological polar surface area (TPSA) is 52.0 Å². The summed E-state index contributed by atoms with van der Waals surface area (Å²) < 4.78 is 0. The van der Waals surface area contributed by atoms with E-state index in [0.29, 0.717) is 18.0 Å². The van der Waals surface area contributed by atoms with Crippen molar-refractivity contribution in [3.8, 4) is 0 Å². The predicted molar refractivity (Wildman–Crippen MR) is 39.0 cm³/mol. The fourth-order valence-corrected chi connectivity index (χ4v) is 1.46. The number of hydrogen-bond acceptors (Lipinski definition) is 2. The van der Waals surface area contributed by atoms with Gasteiger partial charge in [0.05, 0.1) is 0 Å². The van der Waals surface area contributed by atoms with Crippen LogP contribution in [0, 0.1) is 5.92 Å². The molecule has 0 saturated heterocycles. The normalized spacial score (nSPS) is 45.0. The van der Waals surface area contributed by atoms with Crippen LogP contribution in [0.25, 0.3) is 0 Å². The van der Waals surface area contributed by atoms with Gasteiger partial charge >= 0.3 is 0 Å². The molecule has 54 valence electrons. The molecule has 1 aliphatic rings. The highest BCUT2D eigenvalue weighted by molar-refractivity contribution is 4.81. The summed E-state index contributed by atoms with van der Waals surface area (Å²) in [4.78, 5) is 0. The first kappa shape index (κ1) is 7.03. The van der Waals surface area contributed by atoms with Crippen LogP contribution in [0.2, 0.25) is 0 Å². The summed E-state index contributed by atoms with van der Waals surface area (Å²) in [5.74, 6) is 0.633. The molecule has 1 fully saturated rings. The first-order chi connectivity index (χ1) is 4.20. The van der Waals surface area contributed by atoms with E-state index in [1.807, 2.05) is 0 Å². The summed E-state index contributed by atoms with van der Waals surface area (Å²) in [6.07, 6.45) is 3.34. The van der Waals surface area contributed by atoms with Crippen LogP contribution >= 0.6 is 0 Å². The third-order valence-electron chi connectivity index (χ3n) is 2.28. The minimum Gasteiger partial charge on any atom is -0.328 e. The molecule has 0 aromatic rings. The average Bonchev–Trinajstić information content (AvgIpc) is 1.80. The maximum Gasteiger partial charge on any atom is 0.00656 e. The van der Waals surface area contributed by atoms with Gasteiger partial charge < -0.3 is 11.5 Å². The van der Waals surface area contributed by atoms with Gasteiger partial charge in [-0.1, -0.05) is 6.92 Å². The summed E-state index contributed by atoms with van der Waals surface area (Å²) in [6, 6.07) is 0.824. The molecule has 0 aromatic heterocycles. The predicted octanol–water partition coefficient (Wildman–Crippen LogP) is 0.461. The van der Waals surface area contributed by atoms with Crippen molar-refractivity contribution < 1.29 is 0 Å². The van der Waals surface area contributed by atoms with Crippen molar-refractivity contribution >= 4 is 0 Å². The molecule has 2 unspecified atom stereocenters. The van der Waals surface area contributed by atoms with Crippen molar-refractivity contribution in [1.29, 1.82) is 0 Å². The zero-order valence-corrected chi connectivity index (χ0v) is 6.01. The first-order valence-electron chi connectivity index (χ1n) is 3.71. The molecule has 1 saturated carbocycles. The Morgan fingerprint density at radius 1 is 1.22 bits per heavy atom. The number of rotatable bonds is 0. The number of hydrogen-bond donors (Lipinski definition) is 2. The van der Waals surface area contributed by atoms with Crippen LogP contribution in [-0.2, 0) is 0 Å². The molecular formula is C7H16N2. The maximum absolute atomic E-state index is 5.78. The lowest BCUT2D eigenvalue weighted by Crippen LogP contribution is -2.39. The molecule has 1 rings (SSSR count). The van der Waals surface area contributed by atoms with E-state index in [-0.39, 0.29) is 0 Å². The number of nitrogens with two attached hydrogens (primary N) is 2. The quantitative estimate of drug-likeness (QED) is 0.498. The van der Waals surface area contributed by atoms with Crippen LogP contribution in [0.1, 0.15) is 26.2 Å². The van der Waals surface area contributed by atoms with Crippen molar-refractivity contribution in [1.82, 2.24) is 0 Å². The molecular weight excluding hydrogens is 112 g/mol. The third-order valence-corrected chi connectivity index (χ3v) is 2.28. The second-order valence-corrected chi connectivity index (χ2v) is 3.21. The smallest absolute Gasteiger partial charge is 0.00656 e. The molecule has 0 spiro atoms. The monoisotopic (exact) mass is 128 g/mol. The van der Waals surface area contributed by atoms with E-state index in [1.165, 1.54) is 0 Å². The highest BCUT2D eigenvalue weighted by Crippen LogP contribution is 2.20. The maximum atomic E-state index is 5.78. The van der Waals surface area contributed by atoms with Gasteiger partial charge in [0.1, 0.15) is 0 Å². The summed E-state index contributed by atoms with van der Waals surface area (Å²) in [7, 11) is 0. The van der Waals surface area contributed by atoms with Crippen LogP contribution in [0.15, 0.2) is 0 Å². The van der Waals surface area contributed by atoms with Crippen LogP contribution in [0.4, 0.5) is 0 Å². The van der Waals surface area contributed by atoms with Crippen molar-refractivity contribution in [2.45, 2.75) is 38.3 Å².